The lowest BCUT2D eigenvalue weighted by Crippen LogP contribution is -2.27. The fraction of sp³-hybridized carbons (Fsp3) is 0.286. The molecule has 1 aromatic carbocycles. The maximum Gasteiger partial charge on any atom is 0.287 e. The number of rotatable bonds is 8. The van der Waals surface area contributed by atoms with Gasteiger partial charge in [0.15, 0.2) is 5.69 Å². The molecule has 28 heavy (non-hydrogen) atoms. The van der Waals surface area contributed by atoms with Crippen LogP contribution in [0.5, 0.6) is 0 Å². The molecule has 0 aliphatic carbocycles. The zero-order valence-corrected chi connectivity index (χ0v) is 16.5. The second-order valence-corrected chi connectivity index (χ2v) is 6.88. The molecule has 0 atom stereocenters. The molecule has 0 bridgehead atoms. The molecule has 2 N–H and O–H groups in total. The first-order valence-corrected chi connectivity index (χ1v) is 9.76. The lowest BCUT2D eigenvalue weighted by molar-refractivity contribution is 0.0941. The van der Waals surface area contributed by atoms with Crippen molar-refractivity contribution in [3.8, 4) is 0 Å². The minimum atomic E-state index is -0.353. The van der Waals surface area contributed by atoms with Crippen LogP contribution in [0.2, 0.25) is 5.02 Å². The van der Waals surface area contributed by atoms with Crippen molar-refractivity contribution in [1.29, 1.82) is 0 Å². The highest BCUT2D eigenvalue weighted by Crippen LogP contribution is 2.16. The predicted molar refractivity (Wildman–Crippen MR) is 110 cm³/mol. The van der Waals surface area contributed by atoms with Gasteiger partial charge in [0.1, 0.15) is 0 Å². The third kappa shape index (κ3) is 4.51. The van der Waals surface area contributed by atoms with E-state index in [9.17, 15) is 9.59 Å². The highest BCUT2D eigenvalue weighted by molar-refractivity contribution is 6.31. The summed E-state index contributed by atoms with van der Waals surface area (Å²) >= 11 is 6.14. The number of nitrogens with one attached hydrogen (secondary N) is 2. The summed E-state index contributed by atoms with van der Waals surface area (Å²) in [5.41, 5.74) is 1.61. The third-order valence-electron chi connectivity index (χ3n) is 4.43. The van der Waals surface area contributed by atoms with Gasteiger partial charge in [0.2, 0.25) is 5.82 Å². The number of nitrogens with zero attached hydrogens (tertiary/aromatic N) is 2. The minimum absolute atomic E-state index is 0.204. The highest BCUT2D eigenvalue weighted by Gasteiger charge is 2.21. The number of carbonyl (C=O) groups excluding carboxylic acids is 2. The summed E-state index contributed by atoms with van der Waals surface area (Å²) in [7, 11) is 0. The Hall–Kier alpha value is -2.86. The number of pyridine rings is 1. The van der Waals surface area contributed by atoms with E-state index in [-0.39, 0.29) is 29.9 Å². The number of unbranched alkanes of at least 4 members (excludes halogenated alkanes) is 2. The molecule has 0 radical (unpaired) electrons. The second kappa shape index (κ2) is 9.37. The quantitative estimate of drug-likeness (QED) is 0.566. The van der Waals surface area contributed by atoms with Gasteiger partial charge in [0, 0.05) is 24.3 Å². The monoisotopic (exact) mass is 398 g/mol. The number of carbonyl (C=O) groups is 2. The van der Waals surface area contributed by atoms with Crippen LogP contribution in [-0.2, 0) is 6.54 Å². The van der Waals surface area contributed by atoms with Gasteiger partial charge in [-0.3, -0.25) is 14.0 Å². The maximum absolute atomic E-state index is 12.7. The zero-order chi connectivity index (χ0) is 19.9. The summed E-state index contributed by atoms with van der Waals surface area (Å²) < 4.78 is 1.64. The van der Waals surface area contributed by atoms with Crippen LogP contribution in [0.3, 0.4) is 0 Å². The predicted octanol–water partition coefficient (Wildman–Crippen LogP) is 3.84. The van der Waals surface area contributed by atoms with Gasteiger partial charge in [0.25, 0.3) is 11.8 Å². The van der Waals surface area contributed by atoms with Gasteiger partial charge in [-0.15, -0.1) is 0 Å². The van der Waals surface area contributed by atoms with Crippen LogP contribution in [-0.4, -0.2) is 27.7 Å². The lowest BCUT2D eigenvalue weighted by atomic mass is 10.2. The number of imidazole rings is 1. The van der Waals surface area contributed by atoms with Gasteiger partial charge in [-0.2, -0.15) is 0 Å². The fourth-order valence-corrected chi connectivity index (χ4v) is 3.12. The van der Waals surface area contributed by atoms with Crippen LogP contribution >= 0.6 is 11.6 Å². The summed E-state index contributed by atoms with van der Waals surface area (Å²) in [4.78, 5) is 29.6. The van der Waals surface area contributed by atoms with Crippen molar-refractivity contribution in [1.82, 2.24) is 20.0 Å². The average Bonchev–Trinajstić information content (AvgIpc) is 3.10. The first-order chi connectivity index (χ1) is 13.6. The van der Waals surface area contributed by atoms with E-state index in [0.717, 1.165) is 24.8 Å². The van der Waals surface area contributed by atoms with Crippen molar-refractivity contribution >= 4 is 28.9 Å². The number of hydrogen-bond acceptors (Lipinski definition) is 3. The van der Waals surface area contributed by atoms with E-state index < -0.39 is 0 Å². The van der Waals surface area contributed by atoms with Crippen LogP contribution in [0.25, 0.3) is 5.52 Å². The van der Waals surface area contributed by atoms with Crippen molar-refractivity contribution in [2.75, 3.05) is 6.54 Å². The fourth-order valence-electron chi connectivity index (χ4n) is 2.92. The summed E-state index contributed by atoms with van der Waals surface area (Å²) in [6.07, 6.45) is 4.78. The number of benzene rings is 1. The molecule has 2 heterocycles. The molecule has 7 heteroatoms. The number of halogens is 1. The van der Waals surface area contributed by atoms with Gasteiger partial charge in [-0.25, -0.2) is 4.98 Å². The molecular formula is C21H23ClN4O2. The molecule has 2 aromatic heterocycles. The third-order valence-corrected chi connectivity index (χ3v) is 4.80. The molecule has 2 amide bonds. The Morgan fingerprint density at radius 3 is 2.61 bits per heavy atom. The average molecular weight is 399 g/mol. The van der Waals surface area contributed by atoms with E-state index in [4.69, 9.17) is 11.6 Å². The Morgan fingerprint density at radius 1 is 1.04 bits per heavy atom. The molecule has 146 valence electrons. The number of fused-ring (bicyclic) bond motifs is 1. The Kier molecular flexibility index (Phi) is 6.66. The van der Waals surface area contributed by atoms with E-state index in [1.807, 2.05) is 24.3 Å². The molecule has 3 aromatic rings. The number of hydrogen-bond donors (Lipinski definition) is 2. The second-order valence-electron chi connectivity index (χ2n) is 6.48. The maximum atomic E-state index is 12.7. The van der Waals surface area contributed by atoms with E-state index in [1.165, 1.54) is 0 Å². The molecular weight excluding hydrogens is 376 g/mol. The molecule has 3 rings (SSSR count). The largest absolute Gasteiger partial charge is 0.349 e. The summed E-state index contributed by atoms with van der Waals surface area (Å²) in [6, 6.07) is 12.7. The van der Waals surface area contributed by atoms with Crippen molar-refractivity contribution < 1.29 is 9.59 Å². The van der Waals surface area contributed by atoms with Crippen LogP contribution in [0.15, 0.2) is 48.7 Å². The molecule has 0 saturated carbocycles. The smallest absolute Gasteiger partial charge is 0.287 e. The summed E-state index contributed by atoms with van der Waals surface area (Å²) in [6.45, 7) is 2.98. The van der Waals surface area contributed by atoms with Crippen LogP contribution in [0.1, 0.15) is 52.9 Å². The molecule has 6 nitrogen and oxygen atoms in total. The first-order valence-electron chi connectivity index (χ1n) is 9.38. The Balaban J connectivity index is 1.78. The Bertz CT molecular complexity index is 983. The van der Waals surface area contributed by atoms with Gasteiger partial charge in [-0.1, -0.05) is 55.6 Å². The van der Waals surface area contributed by atoms with Gasteiger partial charge in [-0.05, 0) is 30.2 Å². The molecule has 0 aliphatic rings. The number of amides is 2. The van der Waals surface area contributed by atoms with Gasteiger partial charge < -0.3 is 10.6 Å². The first kappa shape index (κ1) is 19.9. The van der Waals surface area contributed by atoms with E-state index in [1.54, 1.807) is 28.8 Å². The SMILES string of the molecule is CCCCCNC(=O)c1nc(C(=O)NCc2ccccc2Cl)c2ccccn12. The molecule has 0 aliphatic heterocycles. The Morgan fingerprint density at radius 2 is 1.82 bits per heavy atom. The van der Waals surface area contributed by atoms with Crippen LogP contribution in [0, 0.1) is 0 Å². The molecule has 0 unspecified atom stereocenters. The van der Waals surface area contributed by atoms with E-state index in [2.05, 4.69) is 22.5 Å². The normalized spacial score (nSPS) is 10.8. The van der Waals surface area contributed by atoms with E-state index >= 15 is 0 Å². The number of aromatic nitrogens is 2. The highest BCUT2D eigenvalue weighted by atomic mass is 35.5. The van der Waals surface area contributed by atoms with Crippen molar-refractivity contribution in [2.45, 2.75) is 32.7 Å². The van der Waals surface area contributed by atoms with Crippen LogP contribution in [0.4, 0.5) is 0 Å². The topological polar surface area (TPSA) is 75.5 Å². The van der Waals surface area contributed by atoms with E-state index in [0.29, 0.717) is 17.1 Å². The molecule has 0 fully saturated rings. The minimum Gasteiger partial charge on any atom is -0.349 e. The van der Waals surface area contributed by atoms with Crippen molar-refractivity contribution in [3.05, 3.63) is 70.8 Å². The molecule has 0 spiro atoms. The summed E-state index contributed by atoms with van der Waals surface area (Å²) in [5, 5.41) is 6.29. The zero-order valence-electron chi connectivity index (χ0n) is 15.7. The van der Waals surface area contributed by atoms with Gasteiger partial charge >= 0.3 is 0 Å². The van der Waals surface area contributed by atoms with Crippen LogP contribution < -0.4 is 10.6 Å². The van der Waals surface area contributed by atoms with Gasteiger partial charge in [0.05, 0.1) is 5.52 Å². The van der Waals surface area contributed by atoms with Crippen molar-refractivity contribution in [3.63, 3.8) is 0 Å². The lowest BCUT2D eigenvalue weighted by Gasteiger charge is -2.05. The Labute approximate surface area is 168 Å². The van der Waals surface area contributed by atoms with Crippen molar-refractivity contribution in [2.24, 2.45) is 0 Å². The standard InChI is InChI=1S/C21H23ClN4O2/c1-2-3-7-12-23-21(28)19-25-18(17-11-6-8-13-26(17)19)20(27)24-14-15-9-4-5-10-16(15)22/h4-6,8-11,13H,2-3,7,12,14H2,1H3,(H,23,28)(H,24,27). The molecule has 0 saturated heterocycles. The summed E-state index contributed by atoms with van der Waals surface area (Å²) in [5.74, 6) is -0.439.